The lowest BCUT2D eigenvalue weighted by Crippen LogP contribution is -2.45. The molecule has 1 aromatic rings. The van der Waals surface area contributed by atoms with Gasteiger partial charge >= 0.3 is 0 Å². The Morgan fingerprint density at radius 1 is 1.39 bits per heavy atom. The first kappa shape index (κ1) is 13.2. The molecule has 0 saturated heterocycles. The summed E-state index contributed by atoms with van der Waals surface area (Å²) in [5, 5.41) is 0. The molecule has 0 saturated carbocycles. The second-order valence-electron chi connectivity index (χ2n) is 4.02. The standard InChI is InChI=1S/C13H16ClNO3/c1-10-13(16)15(7-9-17-8-6-14)11-4-2-3-5-12(11)18-10/h2-5,10H,6-9H2,1H3. The molecule has 0 N–H and O–H groups in total. The van der Waals surface area contributed by atoms with Crippen LogP contribution in [-0.4, -0.2) is 37.6 Å². The minimum atomic E-state index is -0.451. The van der Waals surface area contributed by atoms with E-state index >= 15 is 0 Å². The second-order valence-corrected chi connectivity index (χ2v) is 4.40. The molecule has 1 aliphatic rings. The van der Waals surface area contributed by atoms with E-state index in [0.717, 1.165) is 11.4 Å². The van der Waals surface area contributed by atoms with Gasteiger partial charge in [-0.15, -0.1) is 11.6 Å². The molecule has 0 aromatic heterocycles. The van der Waals surface area contributed by atoms with Gasteiger partial charge in [-0.2, -0.15) is 0 Å². The van der Waals surface area contributed by atoms with Crippen molar-refractivity contribution < 1.29 is 14.3 Å². The molecule has 1 unspecified atom stereocenters. The minimum absolute atomic E-state index is 0.0387. The molecule has 1 atom stereocenters. The fourth-order valence-electron chi connectivity index (χ4n) is 1.90. The summed E-state index contributed by atoms with van der Waals surface area (Å²) in [5.74, 6) is 1.16. The number of amides is 1. The Hall–Kier alpha value is -1.26. The summed E-state index contributed by atoms with van der Waals surface area (Å²) in [6.45, 7) is 3.24. The highest BCUT2D eigenvalue weighted by molar-refractivity contribution is 6.17. The van der Waals surface area contributed by atoms with Crippen LogP contribution >= 0.6 is 11.6 Å². The van der Waals surface area contributed by atoms with Crippen molar-refractivity contribution in [2.45, 2.75) is 13.0 Å². The molecule has 5 heteroatoms. The molecule has 0 radical (unpaired) electrons. The zero-order valence-corrected chi connectivity index (χ0v) is 11.0. The summed E-state index contributed by atoms with van der Waals surface area (Å²) in [7, 11) is 0. The van der Waals surface area contributed by atoms with Crippen molar-refractivity contribution in [2.24, 2.45) is 0 Å². The smallest absolute Gasteiger partial charge is 0.267 e. The van der Waals surface area contributed by atoms with Gasteiger partial charge in [0.05, 0.1) is 18.9 Å². The Morgan fingerprint density at radius 2 is 2.17 bits per heavy atom. The zero-order valence-electron chi connectivity index (χ0n) is 10.3. The molecule has 0 fully saturated rings. The highest BCUT2D eigenvalue weighted by atomic mass is 35.5. The van der Waals surface area contributed by atoms with Crippen LogP contribution in [0.2, 0.25) is 0 Å². The van der Waals surface area contributed by atoms with E-state index in [0.29, 0.717) is 25.6 Å². The van der Waals surface area contributed by atoms with Crippen LogP contribution in [0.4, 0.5) is 5.69 Å². The highest BCUT2D eigenvalue weighted by Crippen LogP contribution is 2.33. The fourth-order valence-corrected chi connectivity index (χ4v) is 2.01. The van der Waals surface area contributed by atoms with E-state index in [1.165, 1.54) is 0 Å². The molecule has 1 aliphatic heterocycles. The Labute approximate surface area is 111 Å². The highest BCUT2D eigenvalue weighted by Gasteiger charge is 2.30. The van der Waals surface area contributed by atoms with Crippen molar-refractivity contribution >= 4 is 23.2 Å². The van der Waals surface area contributed by atoms with Crippen LogP contribution in [0.25, 0.3) is 0 Å². The normalized spacial score (nSPS) is 18.4. The Kier molecular flexibility index (Phi) is 4.44. The zero-order chi connectivity index (χ0) is 13.0. The van der Waals surface area contributed by atoms with Crippen molar-refractivity contribution in [1.82, 2.24) is 0 Å². The number of alkyl halides is 1. The molecule has 1 heterocycles. The van der Waals surface area contributed by atoms with E-state index in [4.69, 9.17) is 21.1 Å². The number of para-hydroxylation sites is 2. The van der Waals surface area contributed by atoms with Crippen LogP contribution in [-0.2, 0) is 9.53 Å². The number of rotatable bonds is 5. The number of halogens is 1. The SMILES string of the molecule is CC1Oc2ccccc2N(CCOCCCl)C1=O. The quantitative estimate of drug-likeness (QED) is 0.607. The Morgan fingerprint density at radius 3 is 2.94 bits per heavy atom. The fraction of sp³-hybridized carbons (Fsp3) is 0.462. The van der Waals surface area contributed by atoms with Crippen LogP contribution < -0.4 is 9.64 Å². The summed E-state index contributed by atoms with van der Waals surface area (Å²) in [6, 6.07) is 7.52. The summed E-state index contributed by atoms with van der Waals surface area (Å²) >= 11 is 5.53. The maximum atomic E-state index is 12.1. The lowest BCUT2D eigenvalue weighted by molar-refractivity contribution is -0.125. The van der Waals surface area contributed by atoms with Gasteiger partial charge in [-0.3, -0.25) is 4.79 Å². The molecule has 1 aromatic carbocycles. The summed E-state index contributed by atoms with van der Waals surface area (Å²) in [5.41, 5.74) is 0.801. The van der Waals surface area contributed by atoms with E-state index in [1.807, 2.05) is 24.3 Å². The van der Waals surface area contributed by atoms with Crippen LogP contribution in [0.15, 0.2) is 24.3 Å². The van der Waals surface area contributed by atoms with Crippen molar-refractivity contribution in [1.29, 1.82) is 0 Å². The van der Waals surface area contributed by atoms with Crippen molar-refractivity contribution in [3.05, 3.63) is 24.3 Å². The van der Waals surface area contributed by atoms with Gasteiger partial charge in [0, 0.05) is 12.4 Å². The molecule has 2 rings (SSSR count). The topological polar surface area (TPSA) is 38.8 Å². The molecular formula is C13H16ClNO3. The number of fused-ring (bicyclic) bond motifs is 1. The Bertz CT molecular complexity index is 424. The average molecular weight is 270 g/mol. The first-order valence-corrected chi connectivity index (χ1v) is 6.48. The lowest BCUT2D eigenvalue weighted by atomic mass is 10.2. The molecule has 0 spiro atoms. The minimum Gasteiger partial charge on any atom is -0.479 e. The second kappa shape index (κ2) is 6.07. The van der Waals surface area contributed by atoms with Gasteiger partial charge in [0.15, 0.2) is 6.10 Å². The van der Waals surface area contributed by atoms with Crippen molar-refractivity contribution in [2.75, 3.05) is 30.5 Å². The summed E-state index contributed by atoms with van der Waals surface area (Å²) < 4.78 is 10.9. The molecule has 4 nitrogen and oxygen atoms in total. The van der Waals surface area contributed by atoms with Crippen molar-refractivity contribution in [3.63, 3.8) is 0 Å². The van der Waals surface area contributed by atoms with E-state index in [-0.39, 0.29) is 5.91 Å². The van der Waals surface area contributed by atoms with E-state index in [2.05, 4.69) is 0 Å². The number of hydrogen-bond donors (Lipinski definition) is 0. The molecule has 98 valence electrons. The first-order valence-electron chi connectivity index (χ1n) is 5.95. The van der Waals surface area contributed by atoms with Gasteiger partial charge in [-0.05, 0) is 19.1 Å². The third-order valence-corrected chi connectivity index (χ3v) is 2.91. The number of nitrogens with zero attached hydrogens (tertiary/aromatic N) is 1. The predicted octanol–water partition coefficient (Wildman–Crippen LogP) is 2.06. The number of hydrogen-bond acceptors (Lipinski definition) is 3. The van der Waals surface area contributed by atoms with Gasteiger partial charge in [0.2, 0.25) is 0 Å². The van der Waals surface area contributed by atoms with Gasteiger partial charge in [-0.1, -0.05) is 12.1 Å². The average Bonchev–Trinajstić information content (AvgIpc) is 2.38. The number of ether oxygens (including phenoxy) is 2. The van der Waals surface area contributed by atoms with E-state index in [1.54, 1.807) is 11.8 Å². The molecule has 18 heavy (non-hydrogen) atoms. The molecular weight excluding hydrogens is 254 g/mol. The van der Waals surface area contributed by atoms with E-state index < -0.39 is 6.10 Å². The third-order valence-electron chi connectivity index (χ3n) is 2.75. The largest absolute Gasteiger partial charge is 0.479 e. The van der Waals surface area contributed by atoms with E-state index in [9.17, 15) is 4.79 Å². The van der Waals surface area contributed by atoms with Gasteiger partial charge in [0.25, 0.3) is 5.91 Å². The van der Waals surface area contributed by atoms with Gasteiger partial charge < -0.3 is 14.4 Å². The molecule has 0 bridgehead atoms. The molecule has 1 amide bonds. The van der Waals surface area contributed by atoms with Crippen LogP contribution in [0.1, 0.15) is 6.92 Å². The summed E-state index contributed by atoms with van der Waals surface area (Å²) in [4.78, 5) is 13.8. The number of benzene rings is 1. The number of carbonyl (C=O) groups is 1. The molecule has 0 aliphatic carbocycles. The van der Waals surface area contributed by atoms with Crippen LogP contribution in [0.3, 0.4) is 0 Å². The number of carbonyl (C=O) groups excluding carboxylic acids is 1. The lowest BCUT2D eigenvalue weighted by Gasteiger charge is -2.32. The van der Waals surface area contributed by atoms with Gasteiger partial charge in [0.1, 0.15) is 5.75 Å². The third kappa shape index (κ3) is 2.76. The first-order chi connectivity index (χ1) is 8.74. The predicted molar refractivity (Wildman–Crippen MR) is 70.4 cm³/mol. The Balaban J connectivity index is 2.09. The van der Waals surface area contributed by atoms with Crippen LogP contribution in [0, 0.1) is 0 Å². The van der Waals surface area contributed by atoms with Crippen molar-refractivity contribution in [3.8, 4) is 5.75 Å². The maximum Gasteiger partial charge on any atom is 0.267 e. The van der Waals surface area contributed by atoms with Gasteiger partial charge in [-0.25, -0.2) is 0 Å². The number of anilines is 1. The van der Waals surface area contributed by atoms with Crippen LogP contribution in [0.5, 0.6) is 5.75 Å². The summed E-state index contributed by atoms with van der Waals surface area (Å²) in [6.07, 6.45) is -0.451. The maximum absolute atomic E-state index is 12.1. The monoisotopic (exact) mass is 269 g/mol.